The number of benzene rings is 3. The number of carbonyl (C=O) groups is 1. The fourth-order valence-electron chi connectivity index (χ4n) is 2.71. The molecule has 28 heavy (non-hydrogen) atoms. The number of methoxy groups -OCH3 is 1. The third-order valence-electron chi connectivity index (χ3n) is 3.97. The van der Waals surface area contributed by atoms with Crippen molar-refractivity contribution in [3.8, 4) is 11.5 Å². The Hall–Kier alpha value is -2.99. The summed E-state index contributed by atoms with van der Waals surface area (Å²) < 4.78 is 11.3. The molecule has 6 heteroatoms. The van der Waals surface area contributed by atoms with Crippen molar-refractivity contribution in [1.82, 2.24) is 5.43 Å². The van der Waals surface area contributed by atoms with E-state index in [-0.39, 0.29) is 5.91 Å². The summed E-state index contributed by atoms with van der Waals surface area (Å²) in [6.45, 7) is 1.97. The van der Waals surface area contributed by atoms with E-state index < -0.39 is 0 Å². The van der Waals surface area contributed by atoms with Gasteiger partial charge in [0.05, 0.1) is 19.9 Å². The highest BCUT2D eigenvalue weighted by Crippen LogP contribution is 2.30. The van der Waals surface area contributed by atoms with Crippen LogP contribution in [0.4, 0.5) is 0 Å². The minimum absolute atomic E-state index is 0.216. The van der Waals surface area contributed by atoms with Gasteiger partial charge in [0.1, 0.15) is 0 Å². The van der Waals surface area contributed by atoms with Gasteiger partial charge >= 0.3 is 0 Å². The largest absolute Gasteiger partial charge is 0.493 e. The van der Waals surface area contributed by atoms with Crippen LogP contribution in [0.15, 0.2) is 70.7 Å². The van der Waals surface area contributed by atoms with Gasteiger partial charge in [-0.1, -0.05) is 36.4 Å². The van der Waals surface area contributed by atoms with Gasteiger partial charge in [-0.25, -0.2) is 5.43 Å². The van der Waals surface area contributed by atoms with E-state index in [0.29, 0.717) is 18.1 Å². The molecule has 0 aromatic heterocycles. The SMILES string of the molecule is COc1cc(/C=N/NC(C)=O)ccc1OCCSc1cccc2ccccc12. The topological polar surface area (TPSA) is 59.9 Å². The van der Waals surface area contributed by atoms with Gasteiger partial charge < -0.3 is 9.47 Å². The summed E-state index contributed by atoms with van der Waals surface area (Å²) >= 11 is 1.77. The first-order valence-corrected chi connectivity index (χ1v) is 9.87. The van der Waals surface area contributed by atoms with Crippen molar-refractivity contribution in [2.24, 2.45) is 5.10 Å². The fourth-order valence-corrected chi connectivity index (χ4v) is 3.61. The van der Waals surface area contributed by atoms with Crippen LogP contribution in [0.5, 0.6) is 11.5 Å². The Balaban J connectivity index is 1.58. The van der Waals surface area contributed by atoms with Gasteiger partial charge in [0.2, 0.25) is 5.91 Å². The number of carbonyl (C=O) groups excluding carboxylic acids is 1. The summed E-state index contributed by atoms with van der Waals surface area (Å²) in [7, 11) is 1.60. The standard InChI is InChI=1S/C22H22N2O3S/c1-16(25)24-23-15-17-10-11-20(21(14-17)26-2)27-12-13-28-22-9-5-7-18-6-3-4-8-19(18)22/h3-11,14-15H,12-13H2,1-2H3,(H,24,25)/b23-15+. The maximum atomic E-state index is 10.9. The molecule has 0 fully saturated rings. The van der Waals surface area contributed by atoms with Crippen molar-refractivity contribution in [2.45, 2.75) is 11.8 Å². The zero-order valence-corrected chi connectivity index (χ0v) is 16.7. The smallest absolute Gasteiger partial charge is 0.236 e. The Morgan fingerprint density at radius 2 is 1.93 bits per heavy atom. The molecule has 0 saturated carbocycles. The number of fused-ring (bicyclic) bond motifs is 1. The minimum atomic E-state index is -0.216. The molecule has 5 nitrogen and oxygen atoms in total. The number of hydrazone groups is 1. The van der Waals surface area contributed by atoms with Crippen LogP contribution < -0.4 is 14.9 Å². The van der Waals surface area contributed by atoms with E-state index in [2.05, 4.69) is 53.0 Å². The lowest BCUT2D eigenvalue weighted by atomic mass is 10.1. The fraction of sp³-hybridized carbons (Fsp3) is 0.182. The molecule has 3 rings (SSSR count). The van der Waals surface area contributed by atoms with Crippen LogP contribution in [0.3, 0.4) is 0 Å². The zero-order valence-electron chi connectivity index (χ0n) is 15.8. The average Bonchev–Trinajstić information content (AvgIpc) is 2.71. The van der Waals surface area contributed by atoms with Gasteiger partial charge in [-0.3, -0.25) is 4.79 Å². The molecule has 3 aromatic carbocycles. The van der Waals surface area contributed by atoms with Crippen molar-refractivity contribution in [2.75, 3.05) is 19.5 Å². The van der Waals surface area contributed by atoms with Crippen molar-refractivity contribution in [1.29, 1.82) is 0 Å². The van der Waals surface area contributed by atoms with Gasteiger partial charge in [0, 0.05) is 17.6 Å². The quantitative estimate of drug-likeness (QED) is 0.265. The van der Waals surface area contributed by atoms with Crippen LogP contribution in [-0.2, 0) is 4.79 Å². The summed E-state index contributed by atoms with van der Waals surface area (Å²) in [5, 5.41) is 6.36. The monoisotopic (exact) mass is 394 g/mol. The molecule has 0 aliphatic rings. The third kappa shape index (κ3) is 5.27. The van der Waals surface area contributed by atoms with Crippen molar-refractivity contribution >= 4 is 34.7 Å². The van der Waals surface area contributed by atoms with Gasteiger partial charge in [0.25, 0.3) is 0 Å². The number of rotatable bonds is 8. The maximum absolute atomic E-state index is 10.9. The average molecular weight is 394 g/mol. The number of amides is 1. The molecule has 0 aliphatic carbocycles. The summed E-state index contributed by atoms with van der Waals surface area (Å²) in [6.07, 6.45) is 1.56. The maximum Gasteiger partial charge on any atom is 0.236 e. The van der Waals surface area contributed by atoms with Gasteiger partial charge in [-0.2, -0.15) is 5.10 Å². The number of hydrogen-bond donors (Lipinski definition) is 1. The van der Waals surface area contributed by atoms with Crippen molar-refractivity contribution < 1.29 is 14.3 Å². The lowest BCUT2D eigenvalue weighted by Gasteiger charge is -2.11. The molecule has 1 N–H and O–H groups in total. The zero-order chi connectivity index (χ0) is 19.8. The van der Waals surface area contributed by atoms with E-state index >= 15 is 0 Å². The van der Waals surface area contributed by atoms with Crippen molar-refractivity contribution in [3.05, 3.63) is 66.2 Å². The van der Waals surface area contributed by atoms with E-state index in [1.54, 1.807) is 25.1 Å². The molecule has 1 amide bonds. The highest BCUT2D eigenvalue weighted by atomic mass is 32.2. The number of nitrogens with one attached hydrogen (secondary N) is 1. The second kappa shape index (κ2) is 9.80. The van der Waals surface area contributed by atoms with Gasteiger partial charge in [-0.05, 0) is 40.6 Å². The van der Waals surface area contributed by atoms with E-state index in [9.17, 15) is 4.79 Å². The summed E-state index contributed by atoms with van der Waals surface area (Å²) in [6, 6.07) is 20.2. The van der Waals surface area contributed by atoms with E-state index in [0.717, 1.165) is 11.3 Å². The molecule has 0 aliphatic heterocycles. The minimum Gasteiger partial charge on any atom is -0.493 e. The lowest BCUT2D eigenvalue weighted by molar-refractivity contribution is -0.118. The van der Waals surface area contributed by atoms with E-state index in [1.807, 2.05) is 18.2 Å². The molecule has 0 atom stereocenters. The Kier molecular flexibility index (Phi) is 6.92. The Morgan fingerprint density at radius 3 is 2.75 bits per heavy atom. The second-order valence-electron chi connectivity index (χ2n) is 6.01. The van der Waals surface area contributed by atoms with Crippen LogP contribution in [0.2, 0.25) is 0 Å². The number of ether oxygens (including phenoxy) is 2. The van der Waals surface area contributed by atoms with Gasteiger partial charge in [-0.15, -0.1) is 11.8 Å². The second-order valence-corrected chi connectivity index (χ2v) is 7.15. The lowest BCUT2D eigenvalue weighted by Crippen LogP contribution is -2.12. The molecular formula is C22H22N2O3S. The molecule has 0 saturated heterocycles. The van der Waals surface area contributed by atoms with Crippen LogP contribution in [0, 0.1) is 0 Å². The Bertz CT molecular complexity index is 983. The summed E-state index contributed by atoms with van der Waals surface area (Å²) in [4.78, 5) is 12.1. The molecule has 0 unspecified atom stereocenters. The van der Waals surface area contributed by atoms with E-state index in [1.165, 1.54) is 22.6 Å². The number of nitrogens with zero attached hydrogens (tertiary/aromatic N) is 1. The van der Waals surface area contributed by atoms with Crippen molar-refractivity contribution in [3.63, 3.8) is 0 Å². The van der Waals surface area contributed by atoms with E-state index in [4.69, 9.17) is 9.47 Å². The molecule has 0 spiro atoms. The number of thioether (sulfide) groups is 1. The van der Waals surface area contributed by atoms with Crippen LogP contribution in [0.25, 0.3) is 10.8 Å². The highest BCUT2D eigenvalue weighted by molar-refractivity contribution is 7.99. The Morgan fingerprint density at radius 1 is 1.11 bits per heavy atom. The predicted molar refractivity (Wildman–Crippen MR) is 115 cm³/mol. The predicted octanol–water partition coefficient (Wildman–Crippen LogP) is 4.49. The first-order chi connectivity index (χ1) is 13.7. The molecule has 0 bridgehead atoms. The molecule has 3 aromatic rings. The first-order valence-electron chi connectivity index (χ1n) is 8.88. The molecule has 0 radical (unpaired) electrons. The van der Waals surface area contributed by atoms with Crippen LogP contribution >= 0.6 is 11.8 Å². The first kappa shape index (κ1) is 19.8. The summed E-state index contributed by atoms with van der Waals surface area (Å²) in [5.74, 6) is 1.91. The molecule has 144 valence electrons. The number of hydrogen-bond acceptors (Lipinski definition) is 5. The summed E-state index contributed by atoms with van der Waals surface area (Å²) in [5.41, 5.74) is 3.18. The molecular weight excluding hydrogens is 372 g/mol. The van der Waals surface area contributed by atoms with Crippen LogP contribution in [0.1, 0.15) is 12.5 Å². The Labute approximate surface area is 168 Å². The third-order valence-corrected chi connectivity index (χ3v) is 5.01. The normalized spacial score (nSPS) is 10.9. The highest BCUT2D eigenvalue weighted by Gasteiger charge is 2.06. The molecule has 0 heterocycles. The van der Waals surface area contributed by atoms with Gasteiger partial charge in [0.15, 0.2) is 11.5 Å². The van der Waals surface area contributed by atoms with Crippen LogP contribution in [-0.4, -0.2) is 31.6 Å².